The number of para-hydroxylation sites is 1. The van der Waals surface area contributed by atoms with Crippen molar-refractivity contribution in [1.82, 2.24) is 14.4 Å². The van der Waals surface area contributed by atoms with Crippen LogP contribution in [0, 0.1) is 0 Å². The van der Waals surface area contributed by atoms with Gasteiger partial charge in [0.2, 0.25) is 0 Å². The van der Waals surface area contributed by atoms with Gasteiger partial charge in [-0.3, -0.25) is 9.80 Å². The van der Waals surface area contributed by atoms with Crippen LogP contribution in [0.1, 0.15) is 38.8 Å². The van der Waals surface area contributed by atoms with E-state index in [0.717, 1.165) is 32.6 Å². The Morgan fingerprint density at radius 3 is 2.75 bits per heavy atom. The fourth-order valence-corrected chi connectivity index (χ4v) is 4.55. The van der Waals surface area contributed by atoms with Crippen LogP contribution in [-0.2, 0) is 6.54 Å². The summed E-state index contributed by atoms with van der Waals surface area (Å²) in [6.07, 6.45) is 3.14. The van der Waals surface area contributed by atoms with Gasteiger partial charge >= 0.3 is 0 Å². The van der Waals surface area contributed by atoms with Gasteiger partial charge in [0.05, 0.1) is 6.10 Å². The van der Waals surface area contributed by atoms with Gasteiger partial charge in [-0.25, -0.2) is 0 Å². The molecule has 2 aromatic rings. The summed E-state index contributed by atoms with van der Waals surface area (Å²) in [6, 6.07) is 10.3. The molecule has 2 aliphatic heterocycles. The van der Waals surface area contributed by atoms with E-state index in [9.17, 15) is 5.11 Å². The van der Waals surface area contributed by atoms with E-state index in [1.165, 1.54) is 16.5 Å². The fraction of sp³-hybridized carbons (Fsp3) is 0.600. The molecule has 130 valence electrons. The minimum absolute atomic E-state index is 0.134. The topological polar surface area (TPSA) is 31.6 Å². The van der Waals surface area contributed by atoms with Crippen LogP contribution in [-0.4, -0.2) is 57.3 Å². The number of nitrogens with zero attached hydrogens (tertiary/aromatic N) is 3. The standard InChI is InChI=1S/C20H29N3O/c1-14(2)23-11-16(19-6-4-5-7-20(19)23)10-21-12-17-8-18(24)13-22(17)9-15(21)3/h4-7,11,14-15,17-18,24H,8-10,12-13H2,1-3H3/t15-,17?,18-/m1/s1. The number of aliphatic hydroxyl groups is 1. The first-order valence-corrected chi connectivity index (χ1v) is 9.27. The second-order valence-electron chi connectivity index (χ2n) is 7.95. The Kier molecular flexibility index (Phi) is 4.15. The summed E-state index contributed by atoms with van der Waals surface area (Å²) < 4.78 is 2.39. The van der Waals surface area contributed by atoms with Crippen molar-refractivity contribution in [2.75, 3.05) is 19.6 Å². The molecule has 1 aromatic heterocycles. The van der Waals surface area contributed by atoms with Crippen molar-refractivity contribution >= 4 is 10.9 Å². The molecular formula is C20H29N3O. The Labute approximate surface area is 144 Å². The number of fused-ring (bicyclic) bond motifs is 2. The highest BCUT2D eigenvalue weighted by atomic mass is 16.3. The first-order valence-electron chi connectivity index (χ1n) is 9.27. The third-order valence-electron chi connectivity index (χ3n) is 5.83. The van der Waals surface area contributed by atoms with E-state index in [0.29, 0.717) is 18.1 Å². The van der Waals surface area contributed by atoms with E-state index in [1.54, 1.807) is 0 Å². The Morgan fingerprint density at radius 2 is 1.96 bits per heavy atom. The SMILES string of the molecule is CC(C)n1cc(CN2CC3C[C@@H](O)CN3C[C@H]2C)c2ccccc21. The van der Waals surface area contributed by atoms with E-state index in [4.69, 9.17) is 0 Å². The zero-order chi connectivity index (χ0) is 16.8. The first-order chi connectivity index (χ1) is 11.5. The van der Waals surface area contributed by atoms with Crippen molar-refractivity contribution < 1.29 is 5.11 Å². The summed E-state index contributed by atoms with van der Waals surface area (Å²) in [4.78, 5) is 5.08. The zero-order valence-electron chi connectivity index (χ0n) is 15.0. The molecule has 0 spiro atoms. The highest BCUT2D eigenvalue weighted by Gasteiger charge is 2.38. The van der Waals surface area contributed by atoms with Gasteiger partial charge in [-0.1, -0.05) is 18.2 Å². The lowest BCUT2D eigenvalue weighted by atomic mass is 10.1. The van der Waals surface area contributed by atoms with E-state index < -0.39 is 0 Å². The molecule has 0 saturated carbocycles. The molecule has 0 amide bonds. The van der Waals surface area contributed by atoms with Crippen molar-refractivity contribution in [3.63, 3.8) is 0 Å². The fourth-order valence-electron chi connectivity index (χ4n) is 4.55. The molecule has 0 bridgehead atoms. The largest absolute Gasteiger partial charge is 0.392 e. The predicted octanol–water partition coefficient (Wildman–Crippen LogP) is 2.86. The quantitative estimate of drug-likeness (QED) is 0.941. The van der Waals surface area contributed by atoms with Crippen molar-refractivity contribution in [3.05, 3.63) is 36.0 Å². The summed E-state index contributed by atoms with van der Waals surface area (Å²) in [7, 11) is 0. The van der Waals surface area contributed by atoms with Crippen LogP contribution in [0.3, 0.4) is 0 Å². The second-order valence-corrected chi connectivity index (χ2v) is 7.95. The average molecular weight is 327 g/mol. The summed E-state index contributed by atoms with van der Waals surface area (Å²) in [5, 5.41) is 11.3. The molecule has 0 radical (unpaired) electrons. The van der Waals surface area contributed by atoms with Crippen LogP contribution < -0.4 is 0 Å². The van der Waals surface area contributed by atoms with Gasteiger partial charge in [0, 0.05) is 61.4 Å². The smallest absolute Gasteiger partial charge is 0.0682 e. The minimum Gasteiger partial charge on any atom is -0.392 e. The van der Waals surface area contributed by atoms with Crippen molar-refractivity contribution in [2.45, 2.75) is 58.0 Å². The Hall–Kier alpha value is -1.36. The molecule has 24 heavy (non-hydrogen) atoms. The van der Waals surface area contributed by atoms with Crippen LogP contribution >= 0.6 is 0 Å². The van der Waals surface area contributed by atoms with E-state index in [-0.39, 0.29) is 6.10 Å². The van der Waals surface area contributed by atoms with Crippen molar-refractivity contribution in [3.8, 4) is 0 Å². The van der Waals surface area contributed by atoms with Crippen LogP contribution in [0.25, 0.3) is 10.9 Å². The average Bonchev–Trinajstić information content (AvgIpc) is 3.08. The molecular weight excluding hydrogens is 298 g/mol. The van der Waals surface area contributed by atoms with Gasteiger partial charge < -0.3 is 9.67 Å². The van der Waals surface area contributed by atoms with E-state index in [1.807, 2.05) is 0 Å². The molecule has 2 fully saturated rings. The lowest BCUT2D eigenvalue weighted by molar-refractivity contribution is 0.0531. The summed E-state index contributed by atoms with van der Waals surface area (Å²) in [5.41, 5.74) is 2.77. The highest BCUT2D eigenvalue weighted by Crippen LogP contribution is 2.29. The lowest BCUT2D eigenvalue weighted by Gasteiger charge is -2.42. The molecule has 3 atom stereocenters. The maximum Gasteiger partial charge on any atom is 0.0682 e. The van der Waals surface area contributed by atoms with Crippen molar-refractivity contribution in [1.29, 1.82) is 0 Å². The normalized spacial score (nSPS) is 28.8. The molecule has 3 heterocycles. The highest BCUT2D eigenvalue weighted by molar-refractivity contribution is 5.84. The van der Waals surface area contributed by atoms with E-state index >= 15 is 0 Å². The summed E-state index contributed by atoms with van der Waals surface area (Å²) >= 11 is 0. The number of rotatable bonds is 3. The van der Waals surface area contributed by atoms with Crippen LogP contribution in [0.5, 0.6) is 0 Å². The monoisotopic (exact) mass is 327 g/mol. The Balaban J connectivity index is 1.60. The van der Waals surface area contributed by atoms with Crippen molar-refractivity contribution in [2.24, 2.45) is 0 Å². The van der Waals surface area contributed by atoms with Gasteiger partial charge in [-0.2, -0.15) is 0 Å². The number of aliphatic hydroxyl groups excluding tert-OH is 1. The van der Waals surface area contributed by atoms with E-state index in [2.05, 4.69) is 65.6 Å². The number of aromatic nitrogens is 1. The summed E-state index contributed by atoms with van der Waals surface area (Å²) in [6.45, 7) is 10.8. The maximum atomic E-state index is 9.96. The number of hydrogen-bond acceptors (Lipinski definition) is 3. The van der Waals surface area contributed by atoms with Gasteiger partial charge in [-0.05, 0) is 38.8 Å². The predicted molar refractivity (Wildman–Crippen MR) is 98.2 cm³/mol. The number of piperazine rings is 1. The van der Waals surface area contributed by atoms with Crippen LogP contribution in [0.15, 0.2) is 30.5 Å². The molecule has 0 aliphatic carbocycles. The maximum absolute atomic E-state index is 9.96. The zero-order valence-corrected chi connectivity index (χ0v) is 15.0. The first kappa shape index (κ1) is 16.1. The minimum atomic E-state index is -0.134. The third-order valence-corrected chi connectivity index (χ3v) is 5.83. The molecule has 2 saturated heterocycles. The van der Waals surface area contributed by atoms with Crippen LogP contribution in [0.2, 0.25) is 0 Å². The third kappa shape index (κ3) is 2.77. The number of benzene rings is 1. The lowest BCUT2D eigenvalue weighted by Crippen LogP contribution is -2.54. The Bertz CT molecular complexity index is 723. The molecule has 4 nitrogen and oxygen atoms in total. The molecule has 1 aromatic carbocycles. The molecule has 2 aliphatic rings. The summed E-state index contributed by atoms with van der Waals surface area (Å²) in [5.74, 6) is 0. The van der Waals surface area contributed by atoms with Gasteiger partial charge in [0.15, 0.2) is 0 Å². The second kappa shape index (κ2) is 6.17. The molecule has 4 rings (SSSR count). The van der Waals surface area contributed by atoms with Crippen LogP contribution in [0.4, 0.5) is 0 Å². The molecule has 1 N–H and O–H groups in total. The van der Waals surface area contributed by atoms with Gasteiger partial charge in [-0.15, -0.1) is 0 Å². The molecule has 1 unspecified atom stereocenters. The molecule has 4 heteroatoms. The van der Waals surface area contributed by atoms with Gasteiger partial charge in [0.25, 0.3) is 0 Å². The Morgan fingerprint density at radius 1 is 1.17 bits per heavy atom. The van der Waals surface area contributed by atoms with Gasteiger partial charge in [0.1, 0.15) is 0 Å². The number of hydrogen-bond donors (Lipinski definition) is 1.